The van der Waals surface area contributed by atoms with Gasteiger partial charge in [0.05, 0.1) is 11.4 Å². The summed E-state index contributed by atoms with van der Waals surface area (Å²) in [6.07, 6.45) is 3.50. The van der Waals surface area contributed by atoms with Gasteiger partial charge in [0.1, 0.15) is 24.0 Å². The summed E-state index contributed by atoms with van der Waals surface area (Å²) in [5.74, 6) is -0.413. The van der Waals surface area contributed by atoms with Crippen LogP contribution in [-0.4, -0.2) is 33.5 Å². The fourth-order valence-corrected chi connectivity index (χ4v) is 4.46. The van der Waals surface area contributed by atoms with Crippen LogP contribution in [0, 0.1) is 11.3 Å². The van der Waals surface area contributed by atoms with Crippen molar-refractivity contribution in [3.8, 4) is 28.8 Å². The number of para-hydroxylation sites is 1. The van der Waals surface area contributed by atoms with Gasteiger partial charge in [-0.05, 0) is 61.0 Å². The van der Waals surface area contributed by atoms with Crippen LogP contribution in [0.5, 0.6) is 5.75 Å². The van der Waals surface area contributed by atoms with Crippen molar-refractivity contribution in [2.24, 2.45) is 0 Å². The van der Waals surface area contributed by atoms with Gasteiger partial charge in [-0.15, -0.1) is 0 Å². The van der Waals surface area contributed by atoms with E-state index in [1.54, 1.807) is 17.7 Å². The highest BCUT2D eigenvalue weighted by Crippen LogP contribution is 2.31. The molecule has 0 saturated carbocycles. The van der Waals surface area contributed by atoms with E-state index in [4.69, 9.17) is 21.4 Å². The maximum absolute atomic E-state index is 13.0. The molecule has 0 atom stereocenters. The van der Waals surface area contributed by atoms with Crippen LogP contribution in [0.15, 0.2) is 102 Å². The van der Waals surface area contributed by atoms with Crippen molar-refractivity contribution in [1.82, 2.24) is 14.7 Å². The first-order valence-corrected chi connectivity index (χ1v) is 12.5. The molecule has 2 amide bonds. The van der Waals surface area contributed by atoms with Crippen molar-refractivity contribution in [3.63, 3.8) is 0 Å². The first kappa shape index (κ1) is 25.7. The number of nitrogens with zero attached hydrogens (tertiary/aromatic N) is 4. The Bertz CT molecular complexity index is 1680. The van der Waals surface area contributed by atoms with E-state index in [0.717, 1.165) is 21.7 Å². The van der Waals surface area contributed by atoms with Crippen LogP contribution in [0.1, 0.15) is 18.1 Å². The normalized spacial score (nSPS) is 14.6. The molecule has 0 saturated heterocycles. The van der Waals surface area contributed by atoms with E-state index in [1.165, 1.54) is 7.05 Å². The summed E-state index contributed by atoms with van der Waals surface area (Å²) in [7, 11) is 1.37. The SMILES string of the molecule is CC1=C(C#N)C(=O)N(C)C(=O)C1=Cc1cn(-c2ccccc2)nc1-c1ccc(OCc2ccccc2Cl)cc1. The Labute approximate surface area is 230 Å². The molecule has 0 aliphatic carbocycles. The second-order valence-corrected chi connectivity index (χ2v) is 9.36. The summed E-state index contributed by atoms with van der Waals surface area (Å²) < 4.78 is 7.66. The fourth-order valence-electron chi connectivity index (χ4n) is 4.27. The first-order valence-electron chi connectivity index (χ1n) is 12.1. The smallest absolute Gasteiger partial charge is 0.271 e. The number of amides is 2. The van der Waals surface area contributed by atoms with E-state index in [0.29, 0.717) is 34.2 Å². The molecule has 3 aromatic carbocycles. The summed E-state index contributed by atoms with van der Waals surface area (Å²) in [6.45, 7) is 1.94. The number of carbonyl (C=O) groups is 2. The third-order valence-electron chi connectivity index (χ3n) is 6.49. The molecule has 0 fully saturated rings. The third-order valence-corrected chi connectivity index (χ3v) is 6.86. The maximum Gasteiger partial charge on any atom is 0.271 e. The summed E-state index contributed by atoms with van der Waals surface area (Å²) in [5.41, 5.74) is 4.37. The highest BCUT2D eigenvalue weighted by Gasteiger charge is 2.33. The molecule has 2 heterocycles. The van der Waals surface area contributed by atoms with Crippen LogP contribution in [-0.2, 0) is 16.2 Å². The largest absolute Gasteiger partial charge is 0.489 e. The van der Waals surface area contributed by atoms with Gasteiger partial charge in [-0.25, -0.2) is 4.68 Å². The Hall–Kier alpha value is -4.93. The lowest BCUT2D eigenvalue weighted by atomic mass is 9.93. The van der Waals surface area contributed by atoms with Crippen molar-refractivity contribution in [2.45, 2.75) is 13.5 Å². The molecule has 39 heavy (non-hydrogen) atoms. The minimum atomic E-state index is -0.607. The van der Waals surface area contributed by atoms with Crippen LogP contribution in [0.3, 0.4) is 0 Å². The van der Waals surface area contributed by atoms with Gasteiger partial charge in [0.15, 0.2) is 0 Å². The third kappa shape index (κ3) is 5.11. The van der Waals surface area contributed by atoms with Gasteiger partial charge in [-0.1, -0.05) is 48.0 Å². The zero-order valence-electron chi connectivity index (χ0n) is 21.3. The molecule has 5 rings (SSSR count). The number of hydrogen-bond donors (Lipinski definition) is 0. The van der Waals surface area contributed by atoms with Gasteiger partial charge in [0.2, 0.25) is 0 Å². The molecule has 0 spiro atoms. The van der Waals surface area contributed by atoms with E-state index in [1.807, 2.05) is 91.1 Å². The number of imide groups is 1. The highest BCUT2D eigenvalue weighted by molar-refractivity contribution is 6.31. The number of carbonyl (C=O) groups excluding carboxylic acids is 2. The van der Waals surface area contributed by atoms with Crippen molar-refractivity contribution < 1.29 is 14.3 Å². The van der Waals surface area contributed by atoms with E-state index in [9.17, 15) is 14.9 Å². The number of halogens is 1. The zero-order chi connectivity index (χ0) is 27.5. The summed E-state index contributed by atoms with van der Waals surface area (Å²) >= 11 is 6.24. The van der Waals surface area contributed by atoms with Gasteiger partial charge < -0.3 is 4.74 Å². The van der Waals surface area contributed by atoms with Crippen LogP contribution >= 0.6 is 11.6 Å². The lowest BCUT2D eigenvalue weighted by Crippen LogP contribution is -2.39. The maximum atomic E-state index is 13.0. The Morgan fingerprint density at radius 1 is 0.974 bits per heavy atom. The molecule has 1 aliphatic rings. The molecule has 1 aliphatic heterocycles. The number of nitriles is 1. The number of aromatic nitrogens is 2. The number of ether oxygens (including phenoxy) is 1. The molecule has 0 bridgehead atoms. The predicted octanol–water partition coefficient (Wildman–Crippen LogP) is 5.99. The van der Waals surface area contributed by atoms with Crippen molar-refractivity contribution in [3.05, 3.63) is 118 Å². The minimum Gasteiger partial charge on any atom is -0.489 e. The molecular formula is C31H23ClN4O3. The van der Waals surface area contributed by atoms with Crippen molar-refractivity contribution in [2.75, 3.05) is 7.05 Å². The van der Waals surface area contributed by atoms with E-state index >= 15 is 0 Å². The molecule has 0 unspecified atom stereocenters. The number of likely N-dealkylation sites (N-methyl/N-ethyl adjacent to an activating group) is 1. The number of hydrogen-bond acceptors (Lipinski definition) is 5. The second kappa shape index (κ2) is 10.8. The van der Waals surface area contributed by atoms with Crippen LogP contribution < -0.4 is 4.74 Å². The van der Waals surface area contributed by atoms with E-state index in [2.05, 4.69) is 0 Å². The molecule has 192 valence electrons. The molecule has 0 radical (unpaired) electrons. The summed E-state index contributed by atoms with van der Waals surface area (Å²) in [6, 6.07) is 26.5. The standard InChI is InChI=1S/C31H23ClN4O3/c1-20-26(30(37)35(2)31(38)27(20)17-33)16-23-18-36(24-9-4-3-5-10-24)34-29(23)21-12-14-25(15-13-21)39-19-22-8-6-7-11-28(22)32/h3-16,18H,19H2,1-2H3. The predicted molar refractivity (Wildman–Crippen MR) is 149 cm³/mol. The monoisotopic (exact) mass is 534 g/mol. The van der Waals surface area contributed by atoms with Crippen LogP contribution in [0.2, 0.25) is 5.02 Å². The van der Waals surface area contributed by atoms with E-state index in [-0.39, 0.29) is 11.1 Å². The van der Waals surface area contributed by atoms with Gasteiger partial charge in [-0.3, -0.25) is 14.5 Å². The summed E-state index contributed by atoms with van der Waals surface area (Å²) in [4.78, 5) is 26.4. The average Bonchev–Trinajstić information content (AvgIpc) is 3.39. The quantitative estimate of drug-likeness (QED) is 0.224. The zero-order valence-corrected chi connectivity index (χ0v) is 22.0. The lowest BCUT2D eigenvalue weighted by Gasteiger charge is -2.23. The van der Waals surface area contributed by atoms with Crippen LogP contribution in [0.4, 0.5) is 0 Å². The lowest BCUT2D eigenvalue weighted by molar-refractivity contribution is -0.138. The van der Waals surface area contributed by atoms with Gasteiger partial charge >= 0.3 is 0 Å². The first-order chi connectivity index (χ1) is 18.9. The molecule has 4 aromatic rings. The number of rotatable bonds is 6. The van der Waals surface area contributed by atoms with Gasteiger partial charge in [0, 0.05) is 40.5 Å². The topological polar surface area (TPSA) is 88.2 Å². The van der Waals surface area contributed by atoms with Crippen LogP contribution in [0.25, 0.3) is 23.0 Å². The molecule has 0 N–H and O–H groups in total. The molecular weight excluding hydrogens is 512 g/mol. The number of benzene rings is 3. The van der Waals surface area contributed by atoms with E-state index < -0.39 is 11.8 Å². The highest BCUT2D eigenvalue weighted by atomic mass is 35.5. The Balaban J connectivity index is 1.54. The van der Waals surface area contributed by atoms with Crippen molar-refractivity contribution >= 4 is 29.5 Å². The van der Waals surface area contributed by atoms with Crippen molar-refractivity contribution in [1.29, 1.82) is 5.26 Å². The van der Waals surface area contributed by atoms with Gasteiger partial charge in [-0.2, -0.15) is 10.4 Å². The molecule has 1 aromatic heterocycles. The van der Waals surface area contributed by atoms with Gasteiger partial charge in [0.25, 0.3) is 11.8 Å². The Morgan fingerprint density at radius 2 is 1.67 bits per heavy atom. The molecule has 7 nitrogen and oxygen atoms in total. The molecule has 8 heteroatoms. The Morgan fingerprint density at radius 3 is 2.36 bits per heavy atom. The minimum absolute atomic E-state index is 0.0552. The average molecular weight is 535 g/mol. The fraction of sp³-hybridized carbons (Fsp3) is 0.0968. The second-order valence-electron chi connectivity index (χ2n) is 8.96. The Kier molecular flexibility index (Phi) is 7.13. The summed E-state index contributed by atoms with van der Waals surface area (Å²) in [5, 5.41) is 15.0.